The number of piperidine rings is 1. The number of piperazine rings is 1. The maximum atomic E-state index is 11.9. The monoisotopic (exact) mass is 381 g/mol. The maximum absolute atomic E-state index is 11.9. The molecule has 2 fully saturated rings. The van der Waals surface area contributed by atoms with Gasteiger partial charge in [0, 0.05) is 70.5 Å². The fourth-order valence-electron chi connectivity index (χ4n) is 3.75. The van der Waals surface area contributed by atoms with Crippen molar-refractivity contribution in [2.45, 2.75) is 32.4 Å². The molecule has 2 aliphatic heterocycles. The van der Waals surface area contributed by atoms with E-state index in [1.54, 1.807) is 11.3 Å². The van der Waals surface area contributed by atoms with Crippen LogP contribution >= 0.6 is 11.3 Å². The molecule has 0 N–H and O–H groups in total. The molecule has 0 aromatic carbocycles. The van der Waals surface area contributed by atoms with Crippen molar-refractivity contribution in [2.75, 3.05) is 64.9 Å². The van der Waals surface area contributed by atoms with Crippen LogP contribution in [-0.4, -0.2) is 91.8 Å². The smallest absolute Gasteiger partial charge is 0.409 e. The van der Waals surface area contributed by atoms with Crippen LogP contribution in [0.15, 0.2) is 6.20 Å². The minimum atomic E-state index is -0.167. The van der Waals surface area contributed by atoms with Crippen LogP contribution in [-0.2, 0) is 11.3 Å². The summed E-state index contributed by atoms with van der Waals surface area (Å²) in [6, 6.07) is 0.592. The van der Waals surface area contributed by atoms with E-state index in [4.69, 9.17) is 4.74 Å². The van der Waals surface area contributed by atoms with E-state index in [2.05, 4.69) is 19.7 Å². The third kappa shape index (κ3) is 4.86. The summed E-state index contributed by atoms with van der Waals surface area (Å²) in [7, 11) is 4.07. The molecule has 8 heteroatoms. The summed E-state index contributed by atoms with van der Waals surface area (Å²) in [5.41, 5.74) is 0. The third-order valence-corrected chi connectivity index (χ3v) is 6.29. The highest BCUT2D eigenvalue weighted by atomic mass is 32.1. The van der Waals surface area contributed by atoms with Crippen molar-refractivity contribution in [1.82, 2.24) is 19.7 Å². The van der Waals surface area contributed by atoms with Gasteiger partial charge in [0.1, 0.15) is 0 Å². The van der Waals surface area contributed by atoms with Gasteiger partial charge in [0.2, 0.25) is 0 Å². The summed E-state index contributed by atoms with van der Waals surface area (Å²) in [6.45, 7) is 9.01. The minimum Gasteiger partial charge on any atom is -0.450 e. The molecule has 1 aromatic heterocycles. The molecule has 0 bridgehead atoms. The predicted octanol–water partition coefficient (Wildman–Crippen LogP) is 1.95. The zero-order valence-corrected chi connectivity index (χ0v) is 17.0. The molecule has 2 aliphatic rings. The van der Waals surface area contributed by atoms with Gasteiger partial charge in [0.25, 0.3) is 0 Å². The lowest BCUT2D eigenvalue weighted by Crippen LogP contribution is -2.55. The Labute approximate surface area is 160 Å². The maximum Gasteiger partial charge on any atom is 0.409 e. The largest absolute Gasteiger partial charge is 0.450 e. The predicted molar refractivity (Wildman–Crippen MR) is 105 cm³/mol. The minimum absolute atomic E-state index is 0.167. The lowest BCUT2D eigenvalue weighted by molar-refractivity contribution is 0.0414. The van der Waals surface area contributed by atoms with E-state index < -0.39 is 0 Å². The van der Waals surface area contributed by atoms with Gasteiger partial charge < -0.3 is 14.5 Å². The number of likely N-dealkylation sites (tertiary alicyclic amines) is 1. The van der Waals surface area contributed by atoms with Gasteiger partial charge in [0.05, 0.1) is 6.61 Å². The number of ether oxygens (including phenoxy) is 1. The topological polar surface area (TPSA) is 52.2 Å². The lowest BCUT2D eigenvalue weighted by atomic mass is 10.0. The van der Waals surface area contributed by atoms with Crippen molar-refractivity contribution >= 4 is 22.6 Å². The Morgan fingerprint density at radius 3 is 2.73 bits per heavy atom. The van der Waals surface area contributed by atoms with E-state index in [1.165, 1.54) is 17.7 Å². The average molecular weight is 382 g/mol. The number of carbonyl (C=O) groups excluding carboxylic acids is 1. The molecule has 0 saturated carbocycles. The molecular weight excluding hydrogens is 350 g/mol. The molecule has 0 radical (unpaired) electrons. The molecule has 2 saturated heterocycles. The first-order valence-corrected chi connectivity index (χ1v) is 10.4. The van der Waals surface area contributed by atoms with Gasteiger partial charge in [-0.05, 0) is 26.3 Å². The Morgan fingerprint density at radius 1 is 1.31 bits per heavy atom. The van der Waals surface area contributed by atoms with Crippen molar-refractivity contribution in [3.05, 3.63) is 11.1 Å². The number of thiazole rings is 1. The summed E-state index contributed by atoms with van der Waals surface area (Å²) in [5.74, 6) is 0. The van der Waals surface area contributed by atoms with Crippen molar-refractivity contribution in [3.8, 4) is 0 Å². The normalized spacial score (nSPS) is 22.4. The molecule has 3 heterocycles. The summed E-state index contributed by atoms with van der Waals surface area (Å²) in [4.78, 5) is 26.7. The van der Waals surface area contributed by atoms with Gasteiger partial charge in [-0.3, -0.25) is 9.80 Å². The van der Waals surface area contributed by atoms with Crippen LogP contribution in [0.4, 0.5) is 9.93 Å². The Balaban J connectivity index is 1.48. The molecule has 26 heavy (non-hydrogen) atoms. The highest BCUT2D eigenvalue weighted by Crippen LogP contribution is 2.24. The van der Waals surface area contributed by atoms with Crippen LogP contribution in [0.3, 0.4) is 0 Å². The average Bonchev–Trinajstić information content (AvgIpc) is 3.11. The van der Waals surface area contributed by atoms with E-state index in [0.717, 1.165) is 50.9 Å². The standard InChI is InChI=1S/C18H31N5O2S/c1-4-25-18(24)23-10-8-22(9-11-23)15-6-5-7-21(13-15)14-16-12-19-17(26-16)20(2)3/h12,15H,4-11,13-14H2,1-3H3. The van der Waals surface area contributed by atoms with Crippen LogP contribution in [0, 0.1) is 0 Å². The van der Waals surface area contributed by atoms with E-state index in [0.29, 0.717) is 12.6 Å². The Morgan fingerprint density at radius 2 is 2.08 bits per heavy atom. The van der Waals surface area contributed by atoms with Crippen LogP contribution in [0.2, 0.25) is 0 Å². The van der Waals surface area contributed by atoms with Crippen molar-refractivity contribution in [3.63, 3.8) is 0 Å². The second kappa shape index (κ2) is 9.01. The van der Waals surface area contributed by atoms with Crippen LogP contribution in [0.1, 0.15) is 24.6 Å². The van der Waals surface area contributed by atoms with Crippen LogP contribution < -0.4 is 4.90 Å². The van der Waals surface area contributed by atoms with Gasteiger partial charge >= 0.3 is 6.09 Å². The number of nitrogens with zero attached hydrogens (tertiary/aromatic N) is 5. The first-order chi connectivity index (χ1) is 12.6. The molecular formula is C18H31N5O2S. The summed E-state index contributed by atoms with van der Waals surface area (Å²) < 4.78 is 5.12. The number of carbonyl (C=O) groups is 1. The Bertz CT molecular complexity index is 586. The summed E-state index contributed by atoms with van der Waals surface area (Å²) in [6.07, 6.45) is 4.34. The summed E-state index contributed by atoms with van der Waals surface area (Å²) in [5, 5.41) is 1.07. The molecule has 7 nitrogen and oxygen atoms in total. The van der Waals surface area contributed by atoms with E-state index in [9.17, 15) is 4.79 Å². The molecule has 146 valence electrons. The van der Waals surface area contributed by atoms with Gasteiger partial charge in [-0.25, -0.2) is 9.78 Å². The molecule has 0 aliphatic carbocycles. The molecule has 0 spiro atoms. The second-order valence-corrected chi connectivity index (χ2v) is 8.35. The first-order valence-electron chi connectivity index (χ1n) is 9.57. The molecule has 1 amide bonds. The Kier molecular flexibility index (Phi) is 6.72. The Hall–Kier alpha value is -1.38. The van der Waals surface area contributed by atoms with Gasteiger partial charge in [0.15, 0.2) is 5.13 Å². The SMILES string of the molecule is CCOC(=O)N1CCN(C2CCCN(Cc3cnc(N(C)C)s3)C2)CC1. The number of hydrogen-bond donors (Lipinski definition) is 0. The van der Waals surface area contributed by atoms with Crippen LogP contribution in [0.25, 0.3) is 0 Å². The molecule has 1 atom stereocenters. The first kappa shape index (κ1) is 19.4. The van der Waals surface area contributed by atoms with Gasteiger partial charge in [-0.15, -0.1) is 11.3 Å². The van der Waals surface area contributed by atoms with Crippen molar-refractivity contribution in [2.24, 2.45) is 0 Å². The number of aromatic nitrogens is 1. The number of hydrogen-bond acceptors (Lipinski definition) is 7. The second-order valence-electron chi connectivity index (χ2n) is 7.26. The zero-order valence-electron chi connectivity index (χ0n) is 16.2. The van der Waals surface area contributed by atoms with Crippen molar-refractivity contribution in [1.29, 1.82) is 0 Å². The molecule has 1 unspecified atom stereocenters. The van der Waals surface area contributed by atoms with E-state index in [-0.39, 0.29) is 6.09 Å². The summed E-state index contributed by atoms with van der Waals surface area (Å²) >= 11 is 1.78. The third-order valence-electron chi connectivity index (χ3n) is 5.14. The van der Waals surface area contributed by atoms with Gasteiger partial charge in [-0.1, -0.05) is 0 Å². The van der Waals surface area contributed by atoms with Crippen molar-refractivity contribution < 1.29 is 9.53 Å². The number of rotatable bonds is 5. The quantitative estimate of drug-likeness (QED) is 0.777. The fraction of sp³-hybridized carbons (Fsp3) is 0.778. The number of amides is 1. The van der Waals surface area contributed by atoms with Gasteiger partial charge in [-0.2, -0.15) is 0 Å². The van der Waals surface area contributed by atoms with E-state index in [1.807, 2.05) is 32.1 Å². The van der Waals surface area contributed by atoms with Crippen LogP contribution in [0.5, 0.6) is 0 Å². The molecule has 1 aromatic rings. The number of anilines is 1. The lowest BCUT2D eigenvalue weighted by Gasteiger charge is -2.43. The zero-order chi connectivity index (χ0) is 18.5. The highest BCUT2D eigenvalue weighted by molar-refractivity contribution is 7.15. The van der Waals surface area contributed by atoms with E-state index >= 15 is 0 Å². The fourth-order valence-corrected chi connectivity index (χ4v) is 4.63. The highest BCUT2D eigenvalue weighted by Gasteiger charge is 2.29. The molecule has 3 rings (SSSR count).